The van der Waals surface area contributed by atoms with Gasteiger partial charge in [0.2, 0.25) is 5.91 Å². The van der Waals surface area contributed by atoms with Crippen molar-refractivity contribution in [3.05, 3.63) is 39.8 Å². The van der Waals surface area contributed by atoms with Crippen LogP contribution in [-0.4, -0.2) is 46.1 Å². The van der Waals surface area contributed by atoms with E-state index < -0.39 is 0 Å². The maximum absolute atomic E-state index is 12.5. The van der Waals surface area contributed by atoms with Gasteiger partial charge in [0.05, 0.1) is 10.6 Å². The van der Waals surface area contributed by atoms with Crippen LogP contribution in [0.1, 0.15) is 40.8 Å². The Morgan fingerprint density at radius 3 is 2.67 bits per heavy atom. The molecule has 0 saturated carbocycles. The van der Waals surface area contributed by atoms with Gasteiger partial charge in [-0.05, 0) is 50.1 Å². The van der Waals surface area contributed by atoms with Crippen LogP contribution in [0.25, 0.3) is 0 Å². The first-order valence-corrected chi connectivity index (χ1v) is 10.4. The Morgan fingerprint density at radius 1 is 1.33 bits per heavy atom. The normalized spacial score (nSPS) is 16.3. The van der Waals surface area contributed by atoms with Crippen LogP contribution >= 0.6 is 11.3 Å². The number of hydrogen-bond donors (Lipinski definition) is 1. The number of amides is 2. The van der Waals surface area contributed by atoms with Crippen LogP contribution in [0, 0.1) is 25.7 Å². The summed E-state index contributed by atoms with van der Waals surface area (Å²) in [6, 6.07) is 5.82. The highest BCUT2D eigenvalue weighted by Gasteiger charge is 2.28. The summed E-state index contributed by atoms with van der Waals surface area (Å²) in [5, 5.41) is 9.49. The van der Waals surface area contributed by atoms with Crippen LogP contribution in [0.5, 0.6) is 0 Å². The van der Waals surface area contributed by atoms with E-state index in [1.807, 2.05) is 34.0 Å². The molecule has 0 radical (unpaired) electrons. The third-order valence-electron chi connectivity index (χ3n) is 5.10. The zero-order valence-electron chi connectivity index (χ0n) is 16.3. The van der Waals surface area contributed by atoms with E-state index in [4.69, 9.17) is 0 Å². The first-order chi connectivity index (χ1) is 12.9. The van der Waals surface area contributed by atoms with Crippen molar-refractivity contribution in [3.8, 4) is 0 Å². The van der Waals surface area contributed by atoms with Gasteiger partial charge in [0.1, 0.15) is 0 Å². The SMILES string of the molecule is Cc1cc(C)n(CC(C)CNC(=O)C2CCN(C(=O)c3cccs3)CC2)n1. The first-order valence-electron chi connectivity index (χ1n) is 9.55. The van der Waals surface area contributed by atoms with Gasteiger partial charge in [-0.15, -0.1) is 11.3 Å². The summed E-state index contributed by atoms with van der Waals surface area (Å²) in [5.74, 6) is 0.506. The maximum Gasteiger partial charge on any atom is 0.263 e. The van der Waals surface area contributed by atoms with Crippen LogP contribution in [0.3, 0.4) is 0 Å². The minimum absolute atomic E-state index is 0.00160. The number of nitrogens with zero attached hydrogens (tertiary/aromatic N) is 3. The molecule has 1 saturated heterocycles. The second-order valence-corrected chi connectivity index (χ2v) is 8.45. The lowest BCUT2D eigenvalue weighted by atomic mass is 9.95. The van der Waals surface area contributed by atoms with Gasteiger partial charge in [-0.1, -0.05) is 13.0 Å². The Bertz CT molecular complexity index is 776. The molecule has 2 aromatic heterocycles. The van der Waals surface area contributed by atoms with E-state index in [0.717, 1.165) is 35.7 Å². The highest BCUT2D eigenvalue weighted by molar-refractivity contribution is 7.12. The van der Waals surface area contributed by atoms with Crippen molar-refractivity contribution in [2.75, 3.05) is 19.6 Å². The fraction of sp³-hybridized carbons (Fsp3) is 0.550. The minimum atomic E-state index is -0.00160. The number of piperidine rings is 1. The lowest BCUT2D eigenvalue weighted by Gasteiger charge is -2.31. The van der Waals surface area contributed by atoms with Crippen molar-refractivity contribution >= 4 is 23.2 Å². The zero-order chi connectivity index (χ0) is 19.4. The molecule has 1 N–H and O–H groups in total. The summed E-state index contributed by atoms with van der Waals surface area (Å²) < 4.78 is 2.00. The lowest BCUT2D eigenvalue weighted by molar-refractivity contribution is -0.126. The van der Waals surface area contributed by atoms with Gasteiger partial charge in [0.25, 0.3) is 5.91 Å². The van der Waals surface area contributed by atoms with E-state index >= 15 is 0 Å². The summed E-state index contributed by atoms with van der Waals surface area (Å²) in [6.45, 7) is 8.91. The van der Waals surface area contributed by atoms with Crippen molar-refractivity contribution in [3.63, 3.8) is 0 Å². The van der Waals surface area contributed by atoms with E-state index in [2.05, 4.69) is 30.3 Å². The van der Waals surface area contributed by atoms with E-state index in [0.29, 0.717) is 25.6 Å². The number of aryl methyl sites for hydroxylation is 2. The first kappa shape index (κ1) is 19.6. The Balaban J connectivity index is 1.41. The van der Waals surface area contributed by atoms with E-state index in [1.54, 1.807) is 0 Å². The summed E-state index contributed by atoms with van der Waals surface area (Å²) in [4.78, 5) is 27.5. The molecule has 6 nitrogen and oxygen atoms in total. The third kappa shape index (κ3) is 4.97. The quantitative estimate of drug-likeness (QED) is 0.827. The summed E-state index contributed by atoms with van der Waals surface area (Å²) in [6.07, 6.45) is 1.46. The van der Waals surface area contributed by atoms with Crippen molar-refractivity contribution in [1.82, 2.24) is 20.0 Å². The largest absolute Gasteiger partial charge is 0.356 e. The monoisotopic (exact) mass is 388 g/mol. The molecule has 0 spiro atoms. The number of aromatic nitrogens is 2. The van der Waals surface area contributed by atoms with Crippen LogP contribution in [0.15, 0.2) is 23.6 Å². The Morgan fingerprint density at radius 2 is 2.07 bits per heavy atom. The number of thiophene rings is 1. The van der Waals surface area contributed by atoms with E-state index in [-0.39, 0.29) is 17.7 Å². The van der Waals surface area contributed by atoms with Crippen LogP contribution in [0.2, 0.25) is 0 Å². The predicted molar refractivity (Wildman–Crippen MR) is 107 cm³/mol. The molecule has 1 atom stereocenters. The summed E-state index contributed by atoms with van der Waals surface area (Å²) >= 11 is 1.47. The topological polar surface area (TPSA) is 67.2 Å². The van der Waals surface area contributed by atoms with Gasteiger partial charge in [-0.25, -0.2) is 0 Å². The third-order valence-corrected chi connectivity index (χ3v) is 5.96. The van der Waals surface area contributed by atoms with Crippen LogP contribution in [-0.2, 0) is 11.3 Å². The molecule has 0 aromatic carbocycles. The van der Waals surface area contributed by atoms with Crippen molar-refractivity contribution < 1.29 is 9.59 Å². The molecule has 7 heteroatoms. The van der Waals surface area contributed by atoms with Gasteiger partial charge >= 0.3 is 0 Å². The molecule has 2 amide bonds. The number of nitrogens with one attached hydrogen (secondary N) is 1. The molecule has 146 valence electrons. The minimum Gasteiger partial charge on any atom is -0.356 e. The standard InChI is InChI=1S/C20H28N4O2S/c1-14(13-24-16(3)11-15(2)22-24)12-21-19(25)17-6-8-23(9-7-17)20(26)18-5-4-10-27-18/h4-5,10-11,14,17H,6-9,12-13H2,1-3H3,(H,21,25). The smallest absolute Gasteiger partial charge is 0.263 e. The highest BCUT2D eigenvalue weighted by atomic mass is 32.1. The van der Waals surface area contributed by atoms with Crippen molar-refractivity contribution in [2.45, 2.75) is 40.2 Å². The molecule has 3 rings (SSSR count). The molecule has 1 aliphatic rings. The average molecular weight is 389 g/mol. The van der Waals surface area contributed by atoms with E-state index in [9.17, 15) is 9.59 Å². The van der Waals surface area contributed by atoms with Gasteiger partial charge in [-0.2, -0.15) is 5.10 Å². The van der Waals surface area contributed by atoms with Gasteiger partial charge in [-0.3, -0.25) is 14.3 Å². The fourth-order valence-electron chi connectivity index (χ4n) is 3.54. The molecule has 27 heavy (non-hydrogen) atoms. The highest BCUT2D eigenvalue weighted by Crippen LogP contribution is 2.21. The molecule has 3 heterocycles. The second kappa shape index (κ2) is 8.69. The van der Waals surface area contributed by atoms with E-state index in [1.165, 1.54) is 11.3 Å². The Kier molecular flexibility index (Phi) is 6.31. The van der Waals surface area contributed by atoms with Gasteiger partial charge in [0, 0.05) is 37.8 Å². The molecule has 1 aliphatic heterocycles. The molecule has 1 unspecified atom stereocenters. The van der Waals surface area contributed by atoms with Crippen LogP contribution < -0.4 is 5.32 Å². The predicted octanol–water partition coefficient (Wildman–Crippen LogP) is 2.87. The number of hydrogen-bond acceptors (Lipinski definition) is 4. The summed E-state index contributed by atoms with van der Waals surface area (Å²) in [7, 11) is 0. The average Bonchev–Trinajstić information content (AvgIpc) is 3.29. The zero-order valence-corrected chi connectivity index (χ0v) is 17.1. The van der Waals surface area contributed by atoms with Gasteiger partial charge < -0.3 is 10.2 Å². The summed E-state index contributed by atoms with van der Waals surface area (Å²) in [5.41, 5.74) is 2.17. The molecule has 0 aliphatic carbocycles. The lowest BCUT2D eigenvalue weighted by Crippen LogP contribution is -2.43. The molecule has 0 bridgehead atoms. The maximum atomic E-state index is 12.5. The Labute approximate surface area is 164 Å². The van der Waals surface area contributed by atoms with Crippen molar-refractivity contribution in [1.29, 1.82) is 0 Å². The van der Waals surface area contributed by atoms with Crippen molar-refractivity contribution in [2.24, 2.45) is 11.8 Å². The molecular weight excluding hydrogens is 360 g/mol. The number of carbonyl (C=O) groups excluding carboxylic acids is 2. The fourth-order valence-corrected chi connectivity index (χ4v) is 4.23. The Hall–Kier alpha value is -2.15. The number of carbonyl (C=O) groups is 2. The second-order valence-electron chi connectivity index (χ2n) is 7.50. The number of rotatable bonds is 6. The van der Waals surface area contributed by atoms with Crippen LogP contribution in [0.4, 0.5) is 0 Å². The number of likely N-dealkylation sites (tertiary alicyclic amines) is 1. The molecule has 1 fully saturated rings. The van der Waals surface area contributed by atoms with Gasteiger partial charge in [0.15, 0.2) is 0 Å². The molecule has 2 aromatic rings. The molecular formula is C20H28N4O2S.